The molecule has 6 nitrogen and oxygen atoms in total. The lowest BCUT2D eigenvalue weighted by molar-refractivity contribution is -0.135. The van der Waals surface area contributed by atoms with Crippen molar-refractivity contribution in [2.24, 2.45) is 16.1 Å². The lowest BCUT2D eigenvalue weighted by Crippen LogP contribution is -2.19. The van der Waals surface area contributed by atoms with E-state index < -0.39 is 5.97 Å². The molecule has 1 aliphatic heterocycles. The van der Waals surface area contributed by atoms with Crippen molar-refractivity contribution >= 4 is 35.0 Å². The monoisotopic (exact) mass is 295 g/mol. The number of nitrogens with one attached hydrogen (secondary N) is 1. The number of esters is 1. The average molecular weight is 295 g/mol. The van der Waals surface area contributed by atoms with Crippen molar-refractivity contribution in [1.29, 1.82) is 0 Å². The van der Waals surface area contributed by atoms with Crippen LogP contribution in [0.3, 0.4) is 0 Å². The van der Waals surface area contributed by atoms with E-state index >= 15 is 0 Å². The van der Waals surface area contributed by atoms with Gasteiger partial charge in [0, 0.05) is 12.3 Å². The van der Waals surface area contributed by atoms with E-state index in [0.29, 0.717) is 11.1 Å². The highest BCUT2D eigenvalue weighted by Gasteiger charge is 2.25. The summed E-state index contributed by atoms with van der Waals surface area (Å²) in [6, 6.07) is 0. The van der Waals surface area contributed by atoms with E-state index in [1.165, 1.54) is 26.4 Å². The Kier molecular flexibility index (Phi) is 5.34. The Balaban J connectivity index is 1.92. The highest BCUT2D eigenvalue weighted by molar-refractivity contribution is 8.18. The van der Waals surface area contributed by atoms with E-state index in [1.54, 1.807) is 0 Å². The predicted molar refractivity (Wildman–Crippen MR) is 78.3 cm³/mol. The Hall–Kier alpha value is -1.63. The fraction of sp³-hybridized carbons (Fsp3) is 0.538. The maximum atomic E-state index is 11.6. The van der Waals surface area contributed by atoms with Crippen LogP contribution >= 0.6 is 11.8 Å². The molecule has 0 radical (unpaired) electrons. The predicted octanol–water partition coefficient (Wildman–Crippen LogP) is 1.83. The second kappa shape index (κ2) is 7.23. The normalized spacial score (nSPS) is 24.6. The number of thioether (sulfide) groups is 1. The summed E-state index contributed by atoms with van der Waals surface area (Å²) in [4.78, 5) is 22.9. The van der Waals surface area contributed by atoms with E-state index in [4.69, 9.17) is 0 Å². The quantitative estimate of drug-likeness (QED) is 0.373. The molecule has 2 aliphatic rings. The molecule has 1 aliphatic carbocycles. The van der Waals surface area contributed by atoms with Gasteiger partial charge in [-0.25, -0.2) is 4.79 Å². The average Bonchev–Trinajstić information content (AvgIpc) is 2.80. The third kappa shape index (κ3) is 4.19. The molecular formula is C13H17N3O3S. The van der Waals surface area contributed by atoms with E-state index in [2.05, 4.69) is 20.3 Å². The van der Waals surface area contributed by atoms with Gasteiger partial charge in [-0.3, -0.25) is 10.1 Å². The number of hydrogen-bond donors (Lipinski definition) is 1. The van der Waals surface area contributed by atoms with Gasteiger partial charge in [0.05, 0.1) is 12.0 Å². The zero-order chi connectivity index (χ0) is 14.4. The van der Waals surface area contributed by atoms with Crippen LogP contribution in [0.25, 0.3) is 0 Å². The first-order chi connectivity index (χ1) is 9.69. The second-order valence-electron chi connectivity index (χ2n) is 4.66. The number of amides is 1. The van der Waals surface area contributed by atoms with E-state index in [-0.39, 0.29) is 10.8 Å². The van der Waals surface area contributed by atoms with Crippen LogP contribution in [0.1, 0.15) is 32.1 Å². The van der Waals surface area contributed by atoms with Gasteiger partial charge in [0.2, 0.25) is 0 Å². The summed E-state index contributed by atoms with van der Waals surface area (Å²) in [5.41, 5.74) is 0. The topological polar surface area (TPSA) is 80.1 Å². The van der Waals surface area contributed by atoms with E-state index in [9.17, 15) is 9.59 Å². The number of rotatable bonds is 3. The van der Waals surface area contributed by atoms with Crippen molar-refractivity contribution in [1.82, 2.24) is 5.32 Å². The number of hydrogen-bond acceptors (Lipinski definition) is 6. The number of methoxy groups -OCH3 is 1. The van der Waals surface area contributed by atoms with Crippen molar-refractivity contribution in [2.45, 2.75) is 32.1 Å². The molecule has 0 bridgehead atoms. The first-order valence-corrected chi connectivity index (χ1v) is 7.40. The maximum absolute atomic E-state index is 11.6. The third-order valence-electron chi connectivity index (χ3n) is 3.18. The minimum Gasteiger partial charge on any atom is -0.466 e. The van der Waals surface area contributed by atoms with Gasteiger partial charge >= 0.3 is 5.97 Å². The van der Waals surface area contributed by atoms with Crippen molar-refractivity contribution in [2.75, 3.05) is 7.11 Å². The molecule has 0 aromatic heterocycles. The Labute approximate surface area is 121 Å². The Bertz CT molecular complexity index is 479. The Morgan fingerprint density at radius 3 is 2.85 bits per heavy atom. The van der Waals surface area contributed by atoms with Gasteiger partial charge in [0.25, 0.3) is 5.91 Å². The molecule has 7 heteroatoms. The summed E-state index contributed by atoms with van der Waals surface area (Å²) in [6.45, 7) is 0. The molecule has 108 valence electrons. The summed E-state index contributed by atoms with van der Waals surface area (Å²) in [7, 11) is 1.26. The van der Waals surface area contributed by atoms with Crippen LogP contribution in [0.4, 0.5) is 0 Å². The highest BCUT2D eigenvalue weighted by atomic mass is 32.2. The molecule has 0 spiro atoms. The first-order valence-electron chi connectivity index (χ1n) is 6.59. The zero-order valence-corrected chi connectivity index (χ0v) is 12.1. The van der Waals surface area contributed by atoms with Gasteiger partial charge in [0.15, 0.2) is 5.17 Å². The van der Waals surface area contributed by atoms with Gasteiger partial charge in [-0.1, -0.05) is 19.3 Å². The molecule has 0 aromatic carbocycles. The third-order valence-corrected chi connectivity index (χ3v) is 4.08. The minimum absolute atomic E-state index is 0.267. The van der Waals surface area contributed by atoms with Gasteiger partial charge < -0.3 is 4.74 Å². The molecule has 2 rings (SSSR count). The Morgan fingerprint density at radius 1 is 1.40 bits per heavy atom. The lowest BCUT2D eigenvalue weighted by atomic mass is 9.90. The maximum Gasteiger partial charge on any atom is 0.331 e. The van der Waals surface area contributed by atoms with Crippen LogP contribution in [-0.2, 0) is 14.3 Å². The van der Waals surface area contributed by atoms with Gasteiger partial charge in [-0.15, -0.1) is 5.10 Å². The molecule has 1 heterocycles. The molecule has 1 saturated heterocycles. The number of nitrogens with zero attached hydrogens (tertiary/aromatic N) is 2. The molecule has 0 unspecified atom stereocenters. The van der Waals surface area contributed by atoms with Crippen LogP contribution in [0, 0.1) is 5.92 Å². The molecule has 1 amide bonds. The summed E-state index contributed by atoms with van der Waals surface area (Å²) in [5.74, 6) is -0.429. The standard InChI is InChI=1S/C13H17N3O3S/c1-19-11(17)7-10-12(18)15-13(20-10)16-14-8-9-5-3-2-4-6-9/h7-9H,2-6H2,1H3,(H,15,16,18)/b10-7-,14-8+. The number of ether oxygens (including phenoxy) is 1. The second-order valence-corrected chi connectivity index (χ2v) is 5.69. The van der Waals surface area contributed by atoms with Crippen LogP contribution in [-0.4, -0.2) is 30.4 Å². The van der Waals surface area contributed by atoms with Gasteiger partial charge in [-0.2, -0.15) is 5.10 Å². The molecule has 20 heavy (non-hydrogen) atoms. The highest BCUT2D eigenvalue weighted by Crippen LogP contribution is 2.24. The van der Waals surface area contributed by atoms with Crippen molar-refractivity contribution in [3.63, 3.8) is 0 Å². The molecular weight excluding hydrogens is 278 g/mol. The van der Waals surface area contributed by atoms with Crippen LogP contribution in [0.5, 0.6) is 0 Å². The van der Waals surface area contributed by atoms with E-state index in [0.717, 1.165) is 30.7 Å². The van der Waals surface area contributed by atoms with Crippen molar-refractivity contribution < 1.29 is 14.3 Å². The minimum atomic E-state index is -0.561. The summed E-state index contributed by atoms with van der Waals surface area (Å²) >= 11 is 1.08. The van der Waals surface area contributed by atoms with Crippen LogP contribution in [0.15, 0.2) is 21.2 Å². The molecule has 2 fully saturated rings. The van der Waals surface area contributed by atoms with Crippen molar-refractivity contribution in [3.05, 3.63) is 11.0 Å². The number of amidine groups is 1. The summed E-state index contributed by atoms with van der Waals surface area (Å²) in [6.07, 6.45) is 9.08. The smallest absolute Gasteiger partial charge is 0.331 e. The summed E-state index contributed by atoms with van der Waals surface area (Å²) < 4.78 is 4.48. The molecule has 1 saturated carbocycles. The molecule has 1 N–H and O–H groups in total. The zero-order valence-electron chi connectivity index (χ0n) is 11.3. The molecule has 0 atom stereocenters. The Morgan fingerprint density at radius 2 is 2.15 bits per heavy atom. The first kappa shape index (κ1) is 14.8. The fourth-order valence-electron chi connectivity index (χ4n) is 2.10. The number of carbonyl (C=O) groups excluding carboxylic acids is 2. The van der Waals surface area contributed by atoms with Gasteiger partial charge in [-0.05, 0) is 30.5 Å². The lowest BCUT2D eigenvalue weighted by Gasteiger charge is -2.16. The van der Waals surface area contributed by atoms with E-state index in [1.807, 2.05) is 6.21 Å². The van der Waals surface area contributed by atoms with Gasteiger partial charge in [0.1, 0.15) is 0 Å². The van der Waals surface area contributed by atoms with Crippen molar-refractivity contribution in [3.8, 4) is 0 Å². The fourth-order valence-corrected chi connectivity index (χ4v) is 2.84. The largest absolute Gasteiger partial charge is 0.466 e. The van der Waals surface area contributed by atoms with Crippen LogP contribution < -0.4 is 5.32 Å². The van der Waals surface area contributed by atoms with Crippen LogP contribution in [0.2, 0.25) is 0 Å². The molecule has 0 aromatic rings. The SMILES string of the molecule is COC(=O)/C=C1\S/C(=N/N=C/C2CCCCC2)NC1=O. The summed E-state index contributed by atoms with van der Waals surface area (Å²) in [5, 5.41) is 10.9. The number of carbonyl (C=O) groups is 2.